The molecule has 0 saturated carbocycles. The molecule has 0 bridgehead atoms. The Balaban J connectivity index is 2.59. The van der Waals surface area contributed by atoms with Gasteiger partial charge in [0.15, 0.2) is 0 Å². The highest BCUT2D eigenvalue weighted by Gasteiger charge is 2.12. The Hall–Kier alpha value is -0.910. The summed E-state index contributed by atoms with van der Waals surface area (Å²) in [6.45, 7) is 6.09. The number of nitrogens with zero attached hydrogens (tertiary/aromatic N) is 3. The number of hydrogen-bond acceptors (Lipinski definition) is 4. The summed E-state index contributed by atoms with van der Waals surface area (Å²) < 4.78 is 2.05. The van der Waals surface area contributed by atoms with Crippen LogP contribution in [0.1, 0.15) is 24.7 Å². The van der Waals surface area contributed by atoms with E-state index in [9.17, 15) is 0 Å². The van der Waals surface area contributed by atoms with Gasteiger partial charge in [0, 0.05) is 24.7 Å². The van der Waals surface area contributed by atoms with E-state index < -0.39 is 0 Å². The molecular weight excluding hydrogens is 214 g/mol. The van der Waals surface area contributed by atoms with Crippen molar-refractivity contribution < 1.29 is 0 Å². The fraction of sp³-hybridized carbons (Fsp3) is 0.750. The molecule has 0 aromatic carbocycles. The number of nitrogens with one attached hydrogen (secondary N) is 1. The second-order valence-corrected chi connectivity index (χ2v) is 4.75. The van der Waals surface area contributed by atoms with Crippen LogP contribution in [0.2, 0.25) is 0 Å². The molecule has 0 aliphatic heterocycles. The molecule has 0 saturated heterocycles. The van der Waals surface area contributed by atoms with Crippen LogP contribution in [0.5, 0.6) is 0 Å². The summed E-state index contributed by atoms with van der Waals surface area (Å²) in [5.74, 6) is 5.61. The van der Waals surface area contributed by atoms with E-state index in [4.69, 9.17) is 5.84 Å². The molecule has 1 aromatic heterocycles. The largest absolute Gasteiger partial charge is 0.309 e. The van der Waals surface area contributed by atoms with Crippen molar-refractivity contribution in [1.82, 2.24) is 20.1 Å². The van der Waals surface area contributed by atoms with Gasteiger partial charge in [0.05, 0.1) is 5.69 Å². The molecule has 1 unspecified atom stereocenters. The second kappa shape index (κ2) is 6.74. The van der Waals surface area contributed by atoms with E-state index in [0.717, 1.165) is 31.6 Å². The zero-order chi connectivity index (χ0) is 12.8. The van der Waals surface area contributed by atoms with Crippen LogP contribution < -0.4 is 11.3 Å². The van der Waals surface area contributed by atoms with Crippen LogP contribution in [-0.2, 0) is 13.0 Å². The summed E-state index contributed by atoms with van der Waals surface area (Å²) >= 11 is 0. The van der Waals surface area contributed by atoms with E-state index in [1.54, 1.807) is 0 Å². The smallest absolute Gasteiger partial charge is 0.0596 e. The van der Waals surface area contributed by atoms with Gasteiger partial charge in [-0.2, -0.15) is 5.10 Å². The summed E-state index contributed by atoms with van der Waals surface area (Å²) in [7, 11) is 4.15. The topological polar surface area (TPSA) is 59.1 Å². The maximum atomic E-state index is 5.61. The fourth-order valence-electron chi connectivity index (χ4n) is 1.95. The van der Waals surface area contributed by atoms with Crippen LogP contribution in [0.4, 0.5) is 0 Å². The third kappa shape index (κ3) is 4.46. The minimum atomic E-state index is 0.304. The fourth-order valence-corrected chi connectivity index (χ4v) is 1.95. The monoisotopic (exact) mass is 239 g/mol. The van der Waals surface area contributed by atoms with Gasteiger partial charge in [-0.3, -0.25) is 16.0 Å². The highest BCUT2D eigenvalue weighted by molar-refractivity contribution is 5.10. The molecule has 0 amide bonds. The summed E-state index contributed by atoms with van der Waals surface area (Å²) in [6.07, 6.45) is 1.97. The highest BCUT2D eigenvalue weighted by Crippen LogP contribution is 2.08. The van der Waals surface area contributed by atoms with Crippen LogP contribution in [0.25, 0.3) is 0 Å². The molecule has 1 heterocycles. The van der Waals surface area contributed by atoms with Gasteiger partial charge < -0.3 is 4.90 Å². The molecule has 3 N–H and O–H groups in total. The van der Waals surface area contributed by atoms with Crippen LogP contribution in [0.3, 0.4) is 0 Å². The first-order valence-corrected chi connectivity index (χ1v) is 6.21. The number of nitrogens with two attached hydrogens (primary N) is 1. The number of hydrazine groups is 1. The summed E-state index contributed by atoms with van der Waals surface area (Å²) in [5.41, 5.74) is 5.23. The third-order valence-electron chi connectivity index (χ3n) is 2.90. The first-order chi connectivity index (χ1) is 8.06. The van der Waals surface area contributed by atoms with Crippen LogP contribution in [-0.4, -0.2) is 41.4 Å². The van der Waals surface area contributed by atoms with Gasteiger partial charge >= 0.3 is 0 Å². The zero-order valence-corrected chi connectivity index (χ0v) is 11.4. The van der Waals surface area contributed by atoms with Crippen LogP contribution >= 0.6 is 0 Å². The van der Waals surface area contributed by atoms with E-state index in [2.05, 4.69) is 47.2 Å². The summed E-state index contributed by atoms with van der Waals surface area (Å²) in [4.78, 5) is 2.17. The lowest BCUT2D eigenvalue weighted by Crippen LogP contribution is -2.39. The lowest BCUT2D eigenvalue weighted by molar-refractivity contribution is 0.355. The van der Waals surface area contributed by atoms with Gasteiger partial charge in [0.2, 0.25) is 0 Å². The molecule has 1 aromatic rings. The standard InChI is InChI=1S/C12H25N5/c1-5-17-12(8-10(2)15-17)9-11(14-13)6-7-16(3)4/h8,11,14H,5-7,9,13H2,1-4H3. The van der Waals surface area contributed by atoms with Crippen molar-refractivity contribution in [2.45, 2.75) is 39.3 Å². The lowest BCUT2D eigenvalue weighted by atomic mass is 10.1. The SMILES string of the molecule is CCn1nc(C)cc1CC(CCN(C)C)NN. The molecule has 17 heavy (non-hydrogen) atoms. The van der Waals surface area contributed by atoms with Gasteiger partial charge in [-0.05, 0) is 47.0 Å². The minimum absolute atomic E-state index is 0.304. The Morgan fingerprint density at radius 3 is 2.76 bits per heavy atom. The maximum Gasteiger partial charge on any atom is 0.0596 e. The Kier molecular flexibility index (Phi) is 5.61. The first-order valence-electron chi connectivity index (χ1n) is 6.21. The molecule has 5 heteroatoms. The van der Waals surface area contributed by atoms with Crippen LogP contribution in [0, 0.1) is 6.92 Å². The molecule has 0 aliphatic rings. The van der Waals surface area contributed by atoms with Crippen molar-refractivity contribution in [3.63, 3.8) is 0 Å². The molecule has 0 radical (unpaired) electrons. The molecule has 0 spiro atoms. The summed E-state index contributed by atoms with van der Waals surface area (Å²) in [5, 5.41) is 4.45. The third-order valence-corrected chi connectivity index (χ3v) is 2.90. The molecule has 1 rings (SSSR count). The Labute approximate surface area is 104 Å². The number of hydrogen-bond donors (Lipinski definition) is 2. The molecule has 98 valence electrons. The van der Waals surface area contributed by atoms with E-state index in [1.165, 1.54) is 5.69 Å². The first kappa shape index (κ1) is 14.2. The zero-order valence-electron chi connectivity index (χ0n) is 11.4. The Morgan fingerprint density at radius 1 is 1.53 bits per heavy atom. The number of aryl methyl sites for hydroxylation is 2. The van der Waals surface area contributed by atoms with E-state index in [1.807, 2.05) is 6.92 Å². The van der Waals surface area contributed by atoms with Crippen molar-refractivity contribution in [1.29, 1.82) is 0 Å². The lowest BCUT2D eigenvalue weighted by Gasteiger charge is -2.18. The molecule has 0 fully saturated rings. The van der Waals surface area contributed by atoms with Gasteiger partial charge in [-0.15, -0.1) is 0 Å². The Bertz CT molecular complexity index is 332. The van der Waals surface area contributed by atoms with E-state index in [-0.39, 0.29) is 0 Å². The Morgan fingerprint density at radius 2 is 2.24 bits per heavy atom. The predicted molar refractivity (Wildman–Crippen MR) is 70.6 cm³/mol. The quantitative estimate of drug-likeness (QED) is 0.538. The predicted octanol–water partition coefficient (Wildman–Crippen LogP) is 0.538. The summed E-state index contributed by atoms with van der Waals surface area (Å²) in [6, 6.07) is 2.45. The average Bonchev–Trinajstić information content (AvgIpc) is 2.64. The molecule has 5 nitrogen and oxygen atoms in total. The van der Waals surface area contributed by atoms with Gasteiger partial charge in [-0.25, -0.2) is 0 Å². The average molecular weight is 239 g/mol. The molecular formula is C12H25N5. The van der Waals surface area contributed by atoms with Gasteiger partial charge in [0.25, 0.3) is 0 Å². The molecule has 1 atom stereocenters. The van der Waals surface area contributed by atoms with E-state index in [0.29, 0.717) is 6.04 Å². The van der Waals surface area contributed by atoms with Crippen molar-refractivity contribution in [2.75, 3.05) is 20.6 Å². The number of aromatic nitrogens is 2. The highest BCUT2D eigenvalue weighted by atomic mass is 15.3. The maximum absolute atomic E-state index is 5.61. The van der Waals surface area contributed by atoms with Crippen molar-refractivity contribution in [3.05, 3.63) is 17.5 Å². The van der Waals surface area contributed by atoms with Crippen molar-refractivity contribution in [3.8, 4) is 0 Å². The normalized spacial score (nSPS) is 13.3. The van der Waals surface area contributed by atoms with Gasteiger partial charge in [0.1, 0.15) is 0 Å². The van der Waals surface area contributed by atoms with Crippen molar-refractivity contribution in [2.24, 2.45) is 5.84 Å². The minimum Gasteiger partial charge on any atom is -0.309 e. The second-order valence-electron chi connectivity index (χ2n) is 4.75. The van der Waals surface area contributed by atoms with Gasteiger partial charge in [-0.1, -0.05) is 0 Å². The van der Waals surface area contributed by atoms with Crippen molar-refractivity contribution >= 4 is 0 Å². The number of rotatable bonds is 7. The molecule has 0 aliphatic carbocycles. The van der Waals surface area contributed by atoms with Crippen LogP contribution in [0.15, 0.2) is 6.07 Å². The van der Waals surface area contributed by atoms with E-state index >= 15 is 0 Å².